The van der Waals surface area contributed by atoms with E-state index < -0.39 is 11.8 Å². The first-order chi connectivity index (χ1) is 11.0. The van der Waals surface area contributed by atoms with Gasteiger partial charge in [0.1, 0.15) is 0 Å². The highest BCUT2D eigenvalue weighted by Crippen LogP contribution is 2.27. The Morgan fingerprint density at radius 1 is 1.43 bits per heavy atom. The molecule has 1 aromatic carbocycles. The zero-order chi connectivity index (χ0) is 16.8. The molecule has 6 heteroatoms. The molecule has 1 aliphatic heterocycles. The van der Waals surface area contributed by atoms with Gasteiger partial charge in [-0.05, 0) is 44.2 Å². The highest BCUT2D eigenvalue weighted by Gasteiger charge is 2.27. The summed E-state index contributed by atoms with van der Waals surface area (Å²) in [4.78, 5) is 25.1. The van der Waals surface area contributed by atoms with Crippen LogP contribution in [0.5, 0.6) is 5.75 Å². The normalized spacial score (nSPS) is 17.8. The lowest BCUT2D eigenvalue weighted by molar-refractivity contribution is -0.137. The molecule has 0 radical (unpaired) electrons. The fourth-order valence-electron chi connectivity index (χ4n) is 2.95. The summed E-state index contributed by atoms with van der Waals surface area (Å²) < 4.78 is 19.2. The van der Waals surface area contributed by atoms with Crippen LogP contribution in [0.25, 0.3) is 0 Å². The van der Waals surface area contributed by atoms with Crippen molar-refractivity contribution in [3.63, 3.8) is 0 Å². The average Bonchev–Trinajstić information content (AvgIpc) is 2.54. The Bertz CT molecular complexity index is 576. The van der Waals surface area contributed by atoms with E-state index in [0.717, 1.165) is 12.8 Å². The van der Waals surface area contributed by atoms with Crippen LogP contribution >= 0.6 is 0 Å². The van der Waals surface area contributed by atoms with E-state index in [0.29, 0.717) is 19.5 Å². The van der Waals surface area contributed by atoms with E-state index in [1.807, 2.05) is 0 Å². The lowest BCUT2D eigenvalue weighted by Gasteiger charge is -2.33. The van der Waals surface area contributed by atoms with Crippen molar-refractivity contribution in [1.82, 2.24) is 4.90 Å². The molecular formula is C17H22FNO4. The number of aliphatic carboxylic acids is 1. The Morgan fingerprint density at radius 2 is 2.22 bits per heavy atom. The first-order valence-electron chi connectivity index (χ1n) is 7.95. The number of carbonyl (C=O) groups is 2. The number of likely N-dealkylation sites (tertiary alicyclic amines) is 1. The lowest BCUT2D eigenvalue weighted by Crippen LogP contribution is -2.40. The van der Waals surface area contributed by atoms with Gasteiger partial charge >= 0.3 is 5.97 Å². The van der Waals surface area contributed by atoms with Crippen LogP contribution in [0.4, 0.5) is 4.39 Å². The summed E-state index contributed by atoms with van der Waals surface area (Å²) in [5.41, 5.74) is 0.228. The van der Waals surface area contributed by atoms with Gasteiger partial charge in [-0.2, -0.15) is 0 Å². The average molecular weight is 323 g/mol. The Kier molecular flexibility index (Phi) is 5.96. The fourth-order valence-corrected chi connectivity index (χ4v) is 2.95. The summed E-state index contributed by atoms with van der Waals surface area (Å²) in [6, 6.07) is 4.34. The molecule has 1 aromatic rings. The second-order valence-electron chi connectivity index (χ2n) is 5.74. The third-order valence-electron chi connectivity index (χ3n) is 4.06. The molecule has 0 aliphatic carbocycles. The van der Waals surface area contributed by atoms with Crippen LogP contribution < -0.4 is 4.74 Å². The number of hydrogen-bond acceptors (Lipinski definition) is 3. The van der Waals surface area contributed by atoms with Crippen LogP contribution in [0.2, 0.25) is 0 Å². The van der Waals surface area contributed by atoms with E-state index in [2.05, 4.69) is 0 Å². The van der Waals surface area contributed by atoms with E-state index in [9.17, 15) is 14.0 Å². The smallest absolute Gasteiger partial charge is 0.303 e. The third kappa shape index (κ3) is 4.43. The highest BCUT2D eigenvalue weighted by molar-refractivity contribution is 5.97. The van der Waals surface area contributed by atoms with E-state index in [-0.39, 0.29) is 36.2 Å². The van der Waals surface area contributed by atoms with E-state index in [1.54, 1.807) is 17.9 Å². The first-order valence-corrected chi connectivity index (χ1v) is 7.95. The topological polar surface area (TPSA) is 66.8 Å². The van der Waals surface area contributed by atoms with Crippen molar-refractivity contribution in [2.75, 3.05) is 19.7 Å². The van der Waals surface area contributed by atoms with Crippen LogP contribution in [0, 0.1) is 11.7 Å². The minimum absolute atomic E-state index is 0.00680. The van der Waals surface area contributed by atoms with E-state index >= 15 is 0 Å². The summed E-state index contributed by atoms with van der Waals surface area (Å²) in [7, 11) is 0. The summed E-state index contributed by atoms with van der Waals surface area (Å²) in [6.07, 6.45) is 2.41. The number of nitrogens with zero attached hydrogens (tertiary/aromatic N) is 1. The zero-order valence-corrected chi connectivity index (χ0v) is 13.3. The SMILES string of the molecule is CCOc1c(F)cccc1C(=O)N1CCC[C@@H](CCC(=O)O)C1. The second kappa shape index (κ2) is 7.94. The van der Waals surface area contributed by atoms with Crippen LogP contribution in [-0.4, -0.2) is 41.6 Å². The molecular weight excluding hydrogens is 301 g/mol. The van der Waals surface area contributed by atoms with Crippen molar-refractivity contribution in [2.24, 2.45) is 5.92 Å². The largest absolute Gasteiger partial charge is 0.490 e. The number of benzene rings is 1. The monoisotopic (exact) mass is 323 g/mol. The van der Waals surface area contributed by atoms with Crippen LogP contribution in [0.15, 0.2) is 18.2 Å². The van der Waals surface area contributed by atoms with Gasteiger partial charge in [-0.15, -0.1) is 0 Å². The molecule has 0 saturated carbocycles. The number of piperidine rings is 1. The van der Waals surface area contributed by atoms with Gasteiger partial charge in [0.2, 0.25) is 0 Å². The zero-order valence-electron chi connectivity index (χ0n) is 13.3. The summed E-state index contributed by atoms with van der Waals surface area (Å²) in [5.74, 6) is -1.46. The number of para-hydroxylation sites is 1. The van der Waals surface area contributed by atoms with Gasteiger partial charge in [-0.1, -0.05) is 6.07 Å². The molecule has 1 amide bonds. The number of rotatable bonds is 6. The second-order valence-corrected chi connectivity index (χ2v) is 5.74. The Morgan fingerprint density at radius 3 is 2.91 bits per heavy atom. The van der Waals surface area contributed by atoms with Crippen molar-refractivity contribution in [1.29, 1.82) is 0 Å². The predicted molar refractivity (Wildman–Crippen MR) is 83.1 cm³/mol. The summed E-state index contributed by atoms with van der Waals surface area (Å²) in [5, 5.41) is 8.78. The maximum atomic E-state index is 13.9. The summed E-state index contributed by atoms with van der Waals surface area (Å²) >= 11 is 0. The molecule has 23 heavy (non-hydrogen) atoms. The molecule has 1 N–H and O–H groups in total. The molecule has 126 valence electrons. The molecule has 1 aliphatic rings. The van der Waals surface area contributed by atoms with Crippen molar-refractivity contribution in [3.05, 3.63) is 29.6 Å². The number of carboxylic acids is 1. The van der Waals surface area contributed by atoms with Gasteiger partial charge < -0.3 is 14.7 Å². The van der Waals surface area contributed by atoms with Gasteiger partial charge in [0.25, 0.3) is 5.91 Å². The van der Waals surface area contributed by atoms with Crippen LogP contribution in [-0.2, 0) is 4.79 Å². The number of ether oxygens (including phenoxy) is 1. The molecule has 0 bridgehead atoms. The fraction of sp³-hybridized carbons (Fsp3) is 0.529. The highest BCUT2D eigenvalue weighted by atomic mass is 19.1. The molecule has 0 aromatic heterocycles. The first kappa shape index (κ1) is 17.2. The Balaban J connectivity index is 2.10. The van der Waals surface area contributed by atoms with Crippen molar-refractivity contribution in [3.8, 4) is 5.75 Å². The van der Waals surface area contributed by atoms with Crippen molar-refractivity contribution in [2.45, 2.75) is 32.6 Å². The number of halogens is 1. The maximum Gasteiger partial charge on any atom is 0.303 e. The minimum Gasteiger partial charge on any atom is -0.490 e. The lowest BCUT2D eigenvalue weighted by atomic mass is 9.93. The van der Waals surface area contributed by atoms with Gasteiger partial charge in [-0.25, -0.2) is 4.39 Å². The maximum absolute atomic E-state index is 13.9. The molecule has 1 fully saturated rings. The van der Waals surface area contributed by atoms with Crippen LogP contribution in [0.3, 0.4) is 0 Å². The molecule has 2 rings (SSSR count). The molecule has 1 heterocycles. The predicted octanol–water partition coefficient (Wildman–Crippen LogP) is 2.94. The number of amides is 1. The van der Waals surface area contributed by atoms with Crippen molar-refractivity contribution < 1.29 is 23.8 Å². The number of carbonyl (C=O) groups excluding carboxylic acids is 1. The van der Waals surface area contributed by atoms with Gasteiger partial charge in [0, 0.05) is 19.5 Å². The minimum atomic E-state index is -0.822. The van der Waals surface area contributed by atoms with Crippen LogP contribution in [0.1, 0.15) is 43.0 Å². The Labute approximate surface area is 135 Å². The molecule has 0 spiro atoms. The Hall–Kier alpha value is -2.11. The van der Waals surface area contributed by atoms with Gasteiger partial charge in [-0.3, -0.25) is 9.59 Å². The van der Waals surface area contributed by atoms with Crippen molar-refractivity contribution >= 4 is 11.9 Å². The summed E-state index contributed by atoms with van der Waals surface area (Å²) in [6.45, 7) is 3.13. The molecule has 0 unspecified atom stereocenters. The third-order valence-corrected chi connectivity index (χ3v) is 4.06. The van der Waals surface area contributed by atoms with Gasteiger partial charge in [0.15, 0.2) is 11.6 Å². The molecule has 1 atom stereocenters. The molecule has 5 nitrogen and oxygen atoms in total. The quantitative estimate of drug-likeness (QED) is 0.874. The number of carboxylic acid groups (broad SMARTS) is 1. The standard InChI is InChI=1S/C17H22FNO4/c1-2-23-16-13(6-3-7-14(16)18)17(22)19-10-4-5-12(11-19)8-9-15(20)21/h3,6-7,12H,2,4-5,8-11H2,1H3,(H,20,21)/t12-/m0/s1. The van der Waals surface area contributed by atoms with Gasteiger partial charge in [0.05, 0.1) is 12.2 Å². The number of hydrogen-bond donors (Lipinski definition) is 1. The molecule has 1 saturated heterocycles. The van der Waals surface area contributed by atoms with E-state index in [1.165, 1.54) is 12.1 Å². The van der Waals surface area contributed by atoms with E-state index in [4.69, 9.17) is 9.84 Å².